The predicted molar refractivity (Wildman–Crippen MR) is 38.9 cm³/mol. The Labute approximate surface area is 63.5 Å². The summed E-state index contributed by atoms with van der Waals surface area (Å²) in [5.74, 6) is 0.858. The van der Waals surface area contributed by atoms with E-state index in [-0.39, 0.29) is 6.61 Å². The number of thioether (sulfide) groups is 1. The summed E-state index contributed by atoms with van der Waals surface area (Å²) in [6.07, 6.45) is 3.94. The molecule has 1 aromatic rings. The Balaban J connectivity index is 2.15. The minimum absolute atomic E-state index is 0.230. The van der Waals surface area contributed by atoms with Crippen molar-refractivity contribution in [2.24, 2.45) is 0 Å². The highest BCUT2D eigenvalue weighted by atomic mass is 32.2. The minimum atomic E-state index is 0.230. The molecular weight excluding hydrogens is 150 g/mol. The predicted octanol–water partition coefficient (Wildman–Crippen LogP) is 1.15. The normalized spacial score (nSPS) is 10.1. The first-order valence-corrected chi connectivity index (χ1v) is 4.05. The molecule has 1 heterocycles. The van der Waals surface area contributed by atoms with Crippen molar-refractivity contribution in [1.82, 2.24) is 4.98 Å². The van der Waals surface area contributed by atoms with E-state index >= 15 is 0 Å². The van der Waals surface area contributed by atoms with Gasteiger partial charge in [-0.15, -0.1) is 0 Å². The average molecular weight is 159 g/mol. The van der Waals surface area contributed by atoms with Crippen LogP contribution in [0.1, 0.15) is 6.42 Å². The molecule has 1 N–H and O–H groups in total. The van der Waals surface area contributed by atoms with Crippen LogP contribution in [0.15, 0.2) is 22.1 Å². The van der Waals surface area contributed by atoms with Gasteiger partial charge >= 0.3 is 0 Å². The van der Waals surface area contributed by atoms with Gasteiger partial charge in [-0.2, -0.15) is 0 Å². The summed E-state index contributed by atoms with van der Waals surface area (Å²) in [5.41, 5.74) is 0. The molecule has 0 radical (unpaired) electrons. The van der Waals surface area contributed by atoms with Gasteiger partial charge in [0, 0.05) is 12.4 Å². The molecule has 3 nitrogen and oxygen atoms in total. The van der Waals surface area contributed by atoms with E-state index < -0.39 is 0 Å². The van der Waals surface area contributed by atoms with E-state index in [1.165, 1.54) is 11.8 Å². The van der Waals surface area contributed by atoms with Crippen molar-refractivity contribution < 1.29 is 9.52 Å². The monoisotopic (exact) mass is 159 g/mol. The highest BCUT2D eigenvalue weighted by Gasteiger charge is 1.95. The summed E-state index contributed by atoms with van der Waals surface area (Å²) in [4.78, 5) is 3.90. The fourth-order valence-corrected chi connectivity index (χ4v) is 1.21. The van der Waals surface area contributed by atoms with Gasteiger partial charge in [0.25, 0.3) is 5.22 Å². The molecule has 0 amide bonds. The van der Waals surface area contributed by atoms with Gasteiger partial charge in [0.15, 0.2) is 0 Å². The molecule has 1 rings (SSSR count). The molecular formula is C6H9NO2S. The minimum Gasteiger partial charge on any atom is -0.440 e. The van der Waals surface area contributed by atoms with Gasteiger partial charge < -0.3 is 9.52 Å². The molecule has 0 atom stereocenters. The summed E-state index contributed by atoms with van der Waals surface area (Å²) < 4.78 is 4.95. The Kier molecular flexibility index (Phi) is 3.32. The lowest BCUT2D eigenvalue weighted by atomic mass is 10.5. The standard InChI is InChI=1S/C6H9NO2S/c8-3-1-5-10-6-7-2-4-9-6/h2,4,8H,1,3,5H2. The maximum atomic E-state index is 8.43. The zero-order valence-electron chi connectivity index (χ0n) is 5.49. The Morgan fingerprint density at radius 1 is 1.70 bits per heavy atom. The molecule has 0 aliphatic rings. The number of oxazole rings is 1. The van der Waals surface area contributed by atoms with Crippen LogP contribution in [0.5, 0.6) is 0 Å². The molecule has 0 saturated heterocycles. The van der Waals surface area contributed by atoms with Crippen LogP contribution < -0.4 is 0 Å². The zero-order chi connectivity index (χ0) is 7.23. The van der Waals surface area contributed by atoms with Gasteiger partial charge in [0.1, 0.15) is 6.26 Å². The number of aromatic nitrogens is 1. The molecule has 4 heteroatoms. The lowest BCUT2D eigenvalue weighted by Crippen LogP contribution is -1.84. The number of aliphatic hydroxyl groups excluding tert-OH is 1. The first kappa shape index (κ1) is 7.63. The number of aliphatic hydroxyl groups is 1. The molecule has 0 saturated carbocycles. The topological polar surface area (TPSA) is 46.3 Å². The van der Waals surface area contributed by atoms with E-state index in [4.69, 9.17) is 9.52 Å². The van der Waals surface area contributed by atoms with Crippen molar-refractivity contribution in [2.45, 2.75) is 11.6 Å². The maximum Gasteiger partial charge on any atom is 0.255 e. The summed E-state index contributed by atoms with van der Waals surface area (Å²) in [6.45, 7) is 0.230. The van der Waals surface area contributed by atoms with E-state index in [1.54, 1.807) is 12.5 Å². The van der Waals surface area contributed by atoms with E-state index in [0.29, 0.717) is 5.22 Å². The summed E-state index contributed by atoms with van der Waals surface area (Å²) >= 11 is 1.51. The van der Waals surface area contributed by atoms with Crippen molar-refractivity contribution in [2.75, 3.05) is 12.4 Å². The second-order valence-corrected chi connectivity index (χ2v) is 2.77. The van der Waals surface area contributed by atoms with Gasteiger partial charge in [-0.1, -0.05) is 11.8 Å². The zero-order valence-corrected chi connectivity index (χ0v) is 6.30. The van der Waals surface area contributed by atoms with Gasteiger partial charge in [-0.05, 0) is 6.42 Å². The first-order valence-electron chi connectivity index (χ1n) is 3.06. The van der Waals surface area contributed by atoms with Crippen molar-refractivity contribution in [3.05, 3.63) is 12.5 Å². The van der Waals surface area contributed by atoms with Crippen LogP contribution >= 0.6 is 11.8 Å². The second kappa shape index (κ2) is 4.35. The highest BCUT2D eigenvalue weighted by Crippen LogP contribution is 2.14. The Bertz CT molecular complexity index is 164. The molecule has 56 valence electrons. The number of nitrogens with zero attached hydrogens (tertiary/aromatic N) is 1. The van der Waals surface area contributed by atoms with Crippen LogP contribution in [0, 0.1) is 0 Å². The van der Waals surface area contributed by atoms with E-state index in [0.717, 1.165) is 12.2 Å². The van der Waals surface area contributed by atoms with Gasteiger partial charge in [0.05, 0.1) is 6.20 Å². The number of hydrogen-bond acceptors (Lipinski definition) is 4. The van der Waals surface area contributed by atoms with Crippen LogP contribution in [0.25, 0.3) is 0 Å². The molecule has 0 unspecified atom stereocenters. The Morgan fingerprint density at radius 2 is 2.60 bits per heavy atom. The lowest BCUT2D eigenvalue weighted by Gasteiger charge is -1.91. The molecule has 0 fully saturated rings. The van der Waals surface area contributed by atoms with E-state index in [2.05, 4.69) is 4.98 Å². The van der Waals surface area contributed by atoms with Crippen molar-refractivity contribution in [1.29, 1.82) is 0 Å². The lowest BCUT2D eigenvalue weighted by molar-refractivity contribution is 0.296. The van der Waals surface area contributed by atoms with Crippen molar-refractivity contribution in [3.8, 4) is 0 Å². The van der Waals surface area contributed by atoms with Gasteiger partial charge in [-0.3, -0.25) is 0 Å². The molecule has 1 aromatic heterocycles. The van der Waals surface area contributed by atoms with E-state index in [9.17, 15) is 0 Å². The quantitative estimate of drug-likeness (QED) is 0.528. The summed E-state index contributed by atoms with van der Waals surface area (Å²) in [6, 6.07) is 0. The van der Waals surface area contributed by atoms with Gasteiger partial charge in [-0.25, -0.2) is 4.98 Å². The van der Waals surface area contributed by atoms with Crippen LogP contribution in [0.2, 0.25) is 0 Å². The third-order valence-corrected chi connectivity index (χ3v) is 1.88. The molecule has 0 aromatic carbocycles. The smallest absolute Gasteiger partial charge is 0.255 e. The third-order valence-electron chi connectivity index (χ3n) is 0.938. The molecule has 0 aliphatic carbocycles. The van der Waals surface area contributed by atoms with Crippen LogP contribution in [-0.2, 0) is 0 Å². The molecule has 0 aliphatic heterocycles. The largest absolute Gasteiger partial charge is 0.440 e. The molecule has 10 heavy (non-hydrogen) atoms. The Hall–Kier alpha value is -0.480. The van der Waals surface area contributed by atoms with Crippen LogP contribution in [0.4, 0.5) is 0 Å². The van der Waals surface area contributed by atoms with Crippen LogP contribution in [0.3, 0.4) is 0 Å². The molecule has 0 bridgehead atoms. The molecule has 0 spiro atoms. The first-order chi connectivity index (χ1) is 4.93. The SMILES string of the molecule is OCCCSc1ncco1. The Morgan fingerprint density at radius 3 is 3.20 bits per heavy atom. The summed E-state index contributed by atoms with van der Waals surface area (Å²) in [5, 5.41) is 9.11. The number of hydrogen-bond donors (Lipinski definition) is 1. The van der Waals surface area contributed by atoms with E-state index in [1.807, 2.05) is 0 Å². The number of rotatable bonds is 4. The fraction of sp³-hybridized carbons (Fsp3) is 0.500. The van der Waals surface area contributed by atoms with Gasteiger partial charge in [0.2, 0.25) is 0 Å². The summed E-state index contributed by atoms with van der Waals surface area (Å²) in [7, 11) is 0. The van der Waals surface area contributed by atoms with Crippen molar-refractivity contribution >= 4 is 11.8 Å². The highest BCUT2D eigenvalue weighted by molar-refractivity contribution is 7.99. The third kappa shape index (κ3) is 2.41. The maximum absolute atomic E-state index is 8.43. The van der Waals surface area contributed by atoms with Crippen LogP contribution in [-0.4, -0.2) is 22.5 Å². The fourth-order valence-electron chi connectivity index (χ4n) is 0.506. The second-order valence-electron chi connectivity index (χ2n) is 1.72. The van der Waals surface area contributed by atoms with Crippen molar-refractivity contribution in [3.63, 3.8) is 0 Å². The average Bonchev–Trinajstić information content (AvgIpc) is 2.41.